The Hall–Kier alpha value is -1.52. The molecule has 2 N–H and O–H groups in total. The summed E-state index contributed by atoms with van der Waals surface area (Å²) in [6, 6.07) is 0.199. The number of carbonyl (C=O) groups excluding carboxylic acids is 1. The molecule has 1 aromatic rings. The van der Waals surface area contributed by atoms with Crippen molar-refractivity contribution < 1.29 is 4.79 Å². The zero-order chi connectivity index (χ0) is 10.8. The molecule has 2 rings (SSSR count). The van der Waals surface area contributed by atoms with E-state index in [-0.39, 0.29) is 11.9 Å². The summed E-state index contributed by atoms with van der Waals surface area (Å²) in [5.41, 5.74) is 0.871. The lowest BCUT2D eigenvalue weighted by molar-refractivity contribution is -0.121. The van der Waals surface area contributed by atoms with Gasteiger partial charge in [0.25, 0.3) is 0 Å². The number of carbonyl (C=O) groups is 1. The van der Waals surface area contributed by atoms with E-state index >= 15 is 0 Å². The van der Waals surface area contributed by atoms with Crippen LogP contribution in [0.2, 0.25) is 0 Å². The summed E-state index contributed by atoms with van der Waals surface area (Å²) < 4.78 is 1.70. The molecule has 1 atom stereocenters. The largest absolute Gasteiger partial charge is 0.371 e. The van der Waals surface area contributed by atoms with Gasteiger partial charge in [0.1, 0.15) is 6.04 Å². The van der Waals surface area contributed by atoms with Crippen molar-refractivity contribution >= 4 is 11.6 Å². The van der Waals surface area contributed by atoms with Crippen LogP contribution < -0.4 is 10.6 Å². The van der Waals surface area contributed by atoms with E-state index < -0.39 is 0 Å². The molecule has 5 heteroatoms. The fourth-order valence-corrected chi connectivity index (χ4v) is 1.37. The molecule has 1 aromatic heterocycles. The number of aryl methyl sites for hydroxylation is 1. The summed E-state index contributed by atoms with van der Waals surface area (Å²) in [5, 5.41) is 10.1. The van der Waals surface area contributed by atoms with E-state index in [2.05, 4.69) is 15.7 Å². The SMILES string of the molecule is CC(Nc1cnn(C)c1)C(=O)NC1CC1. The minimum Gasteiger partial charge on any atom is -0.371 e. The Kier molecular flexibility index (Phi) is 2.62. The maximum Gasteiger partial charge on any atom is 0.242 e. The molecule has 0 aromatic carbocycles. The third-order valence-electron chi connectivity index (χ3n) is 2.41. The number of rotatable bonds is 4. The first kappa shape index (κ1) is 10.0. The van der Waals surface area contributed by atoms with Gasteiger partial charge in [-0.2, -0.15) is 5.10 Å². The summed E-state index contributed by atoms with van der Waals surface area (Å²) >= 11 is 0. The van der Waals surface area contributed by atoms with Gasteiger partial charge in [0.2, 0.25) is 5.91 Å². The lowest BCUT2D eigenvalue weighted by Gasteiger charge is -2.13. The molecule has 1 aliphatic carbocycles. The maximum absolute atomic E-state index is 11.6. The van der Waals surface area contributed by atoms with Gasteiger partial charge in [0, 0.05) is 19.3 Å². The minimum atomic E-state index is -0.213. The van der Waals surface area contributed by atoms with Gasteiger partial charge >= 0.3 is 0 Å². The molecule has 5 nitrogen and oxygen atoms in total. The van der Waals surface area contributed by atoms with E-state index in [1.165, 1.54) is 0 Å². The molecule has 1 unspecified atom stereocenters. The Morgan fingerprint density at radius 1 is 1.67 bits per heavy atom. The van der Waals surface area contributed by atoms with Crippen molar-refractivity contribution in [1.82, 2.24) is 15.1 Å². The number of hydrogen-bond acceptors (Lipinski definition) is 3. The predicted octanol–water partition coefficient (Wildman–Crippen LogP) is 0.499. The minimum absolute atomic E-state index is 0.0568. The highest BCUT2D eigenvalue weighted by atomic mass is 16.2. The van der Waals surface area contributed by atoms with Crippen LogP contribution in [0.1, 0.15) is 19.8 Å². The van der Waals surface area contributed by atoms with E-state index in [4.69, 9.17) is 0 Å². The van der Waals surface area contributed by atoms with Crippen LogP contribution in [0.4, 0.5) is 5.69 Å². The molecular formula is C10H16N4O. The van der Waals surface area contributed by atoms with E-state index in [9.17, 15) is 4.79 Å². The Bertz CT molecular complexity index is 356. The number of anilines is 1. The van der Waals surface area contributed by atoms with Crippen LogP contribution in [-0.2, 0) is 11.8 Å². The van der Waals surface area contributed by atoms with Crippen molar-refractivity contribution in [2.24, 2.45) is 7.05 Å². The Balaban J connectivity index is 1.84. The second kappa shape index (κ2) is 3.92. The van der Waals surface area contributed by atoms with Gasteiger partial charge in [-0.3, -0.25) is 9.48 Å². The molecule has 0 saturated heterocycles. The van der Waals surface area contributed by atoms with Crippen molar-refractivity contribution in [2.45, 2.75) is 31.8 Å². The maximum atomic E-state index is 11.6. The van der Waals surface area contributed by atoms with Crippen molar-refractivity contribution in [3.05, 3.63) is 12.4 Å². The summed E-state index contributed by atoms with van der Waals surface area (Å²) in [4.78, 5) is 11.6. The third-order valence-corrected chi connectivity index (χ3v) is 2.41. The zero-order valence-corrected chi connectivity index (χ0v) is 9.03. The summed E-state index contributed by atoms with van der Waals surface area (Å²) in [7, 11) is 1.85. The Morgan fingerprint density at radius 3 is 2.93 bits per heavy atom. The van der Waals surface area contributed by atoms with Crippen LogP contribution in [0, 0.1) is 0 Å². The first-order chi connectivity index (χ1) is 7.15. The first-order valence-corrected chi connectivity index (χ1v) is 5.20. The number of hydrogen-bond donors (Lipinski definition) is 2. The van der Waals surface area contributed by atoms with Gasteiger partial charge in [-0.15, -0.1) is 0 Å². The molecule has 1 saturated carbocycles. The highest BCUT2D eigenvalue weighted by Crippen LogP contribution is 2.18. The van der Waals surface area contributed by atoms with Gasteiger partial charge in [-0.05, 0) is 19.8 Å². The van der Waals surface area contributed by atoms with E-state index in [0.29, 0.717) is 6.04 Å². The molecule has 1 aliphatic rings. The van der Waals surface area contributed by atoms with E-state index in [1.54, 1.807) is 10.9 Å². The number of amides is 1. The van der Waals surface area contributed by atoms with Crippen LogP contribution in [0.15, 0.2) is 12.4 Å². The van der Waals surface area contributed by atoms with Crippen LogP contribution in [0.5, 0.6) is 0 Å². The van der Waals surface area contributed by atoms with Gasteiger partial charge < -0.3 is 10.6 Å². The lowest BCUT2D eigenvalue weighted by atomic mass is 10.3. The molecule has 0 aliphatic heterocycles. The normalized spacial score (nSPS) is 17.2. The van der Waals surface area contributed by atoms with E-state index in [0.717, 1.165) is 18.5 Å². The van der Waals surface area contributed by atoms with E-state index in [1.807, 2.05) is 20.2 Å². The molecule has 0 spiro atoms. The van der Waals surface area contributed by atoms with Crippen LogP contribution in [0.25, 0.3) is 0 Å². The molecule has 15 heavy (non-hydrogen) atoms. The predicted molar refractivity (Wildman–Crippen MR) is 57.5 cm³/mol. The molecule has 0 bridgehead atoms. The van der Waals surface area contributed by atoms with Crippen molar-refractivity contribution in [3.8, 4) is 0 Å². The van der Waals surface area contributed by atoms with Gasteiger partial charge in [0.15, 0.2) is 0 Å². The highest BCUT2D eigenvalue weighted by Gasteiger charge is 2.25. The summed E-state index contributed by atoms with van der Waals surface area (Å²) in [6.45, 7) is 1.85. The lowest BCUT2D eigenvalue weighted by Crippen LogP contribution is -2.38. The summed E-state index contributed by atoms with van der Waals surface area (Å²) in [5.74, 6) is 0.0568. The average Bonchev–Trinajstić information content (AvgIpc) is 2.90. The van der Waals surface area contributed by atoms with Crippen LogP contribution >= 0.6 is 0 Å². The average molecular weight is 208 g/mol. The molecule has 1 amide bonds. The number of nitrogens with zero attached hydrogens (tertiary/aromatic N) is 2. The quantitative estimate of drug-likeness (QED) is 0.757. The standard InChI is InChI=1S/C10H16N4O/c1-7(10(15)13-8-3-4-8)12-9-5-11-14(2)6-9/h5-8,12H,3-4H2,1-2H3,(H,13,15). The monoisotopic (exact) mass is 208 g/mol. The van der Waals surface area contributed by atoms with Crippen LogP contribution in [0.3, 0.4) is 0 Å². The van der Waals surface area contributed by atoms with Gasteiger partial charge in [-0.1, -0.05) is 0 Å². The number of aromatic nitrogens is 2. The fraction of sp³-hybridized carbons (Fsp3) is 0.600. The molecule has 1 fully saturated rings. The van der Waals surface area contributed by atoms with Crippen molar-refractivity contribution in [3.63, 3.8) is 0 Å². The van der Waals surface area contributed by atoms with Crippen LogP contribution in [-0.4, -0.2) is 27.8 Å². The van der Waals surface area contributed by atoms with Crippen molar-refractivity contribution in [2.75, 3.05) is 5.32 Å². The smallest absolute Gasteiger partial charge is 0.242 e. The topological polar surface area (TPSA) is 59.0 Å². The number of nitrogens with one attached hydrogen (secondary N) is 2. The van der Waals surface area contributed by atoms with Gasteiger partial charge in [-0.25, -0.2) is 0 Å². The van der Waals surface area contributed by atoms with Gasteiger partial charge in [0.05, 0.1) is 11.9 Å². The molecule has 0 radical (unpaired) electrons. The highest BCUT2D eigenvalue weighted by molar-refractivity contribution is 5.84. The van der Waals surface area contributed by atoms with Crippen molar-refractivity contribution in [1.29, 1.82) is 0 Å². The Morgan fingerprint density at radius 2 is 2.40 bits per heavy atom. The zero-order valence-electron chi connectivity index (χ0n) is 9.03. The third kappa shape index (κ3) is 2.71. The first-order valence-electron chi connectivity index (χ1n) is 5.20. The molecule has 82 valence electrons. The second-order valence-electron chi connectivity index (χ2n) is 4.05. The molecular weight excluding hydrogens is 192 g/mol. The second-order valence-corrected chi connectivity index (χ2v) is 4.05. The fourth-order valence-electron chi connectivity index (χ4n) is 1.37. The molecule has 1 heterocycles. The summed E-state index contributed by atoms with van der Waals surface area (Å²) in [6.07, 6.45) is 5.79. The Labute approximate surface area is 88.8 Å².